The fourth-order valence-corrected chi connectivity index (χ4v) is 1.92. The third-order valence-electron chi connectivity index (χ3n) is 2.04. The average molecular weight is 249 g/mol. The molecule has 1 atom stereocenters. The Morgan fingerprint density at radius 3 is 2.56 bits per heavy atom. The number of benzene rings is 1. The molecule has 2 aromatic rings. The maximum Gasteiger partial charge on any atom is 0.140 e. The van der Waals surface area contributed by atoms with Gasteiger partial charge >= 0.3 is 0 Å². The third-order valence-corrected chi connectivity index (χ3v) is 3.08. The summed E-state index contributed by atoms with van der Waals surface area (Å²) in [6, 6.07) is 10.9. The summed E-state index contributed by atoms with van der Waals surface area (Å²) in [5.74, 6) is 5.72. The van der Waals surface area contributed by atoms with Crippen molar-refractivity contribution in [1.29, 1.82) is 0 Å². The molecule has 1 heterocycles. The van der Waals surface area contributed by atoms with Crippen LogP contribution in [0.1, 0.15) is 16.5 Å². The highest BCUT2D eigenvalue weighted by atomic mass is 35.5. The first kappa shape index (κ1) is 11.2. The summed E-state index contributed by atoms with van der Waals surface area (Å²) in [6.07, 6.45) is -0.764. The molecule has 1 N–H and O–H groups in total. The van der Waals surface area contributed by atoms with Crippen LogP contribution >= 0.6 is 22.9 Å². The van der Waals surface area contributed by atoms with E-state index in [1.165, 1.54) is 0 Å². The molecule has 0 fully saturated rings. The number of aliphatic hydroxyl groups excluding tert-OH is 1. The van der Waals surface area contributed by atoms with Crippen molar-refractivity contribution in [3.8, 4) is 11.8 Å². The van der Waals surface area contributed by atoms with E-state index >= 15 is 0 Å². The summed E-state index contributed by atoms with van der Waals surface area (Å²) in [7, 11) is 0. The number of rotatable bonds is 1. The predicted molar refractivity (Wildman–Crippen MR) is 67.6 cm³/mol. The number of hydrogen-bond donors (Lipinski definition) is 1. The minimum Gasteiger partial charge on any atom is -0.376 e. The molecule has 0 radical (unpaired) electrons. The van der Waals surface area contributed by atoms with E-state index in [1.54, 1.807) is 35.6 Å². The Bertz CT molecular complexity index is 505. The SMILES string of the molecule is O[C@@H](C#Cc1cccs1)c1ccc(Cl)cc1. The fourth-order valence-electron chi connectivity index (χ4n) is 1.22. The number of hydrogen-bond acceptors (Lipinski definition) is 2. The van der Waals surface area contributed by atoms with Crippen LogP contribution in [-0.4, -0.2) is 5.11 Å². The molecule has 80 valence electrons. The van der Waals surface area contributed by atoms with E-state index in [4.69, 9.17) is 11.6 Å². The van der Waals surface area contributed by atoms with Crippen molar-refractivity contribution in [2.24, 2.45) is 0 Å². The summed E-state index contributed by atoms with van der Waals surface area (Å²) in [5, 5.41) is 12.4. The molecule has 2 rings (SSSR count). The zero-order valence-corrected chi connectivity index (χ0v) is 9.92. The monoisotopic (exact) mass is 248 g/mol. The maximum absolute atomic E-state index is 9.80. The van der Waals surface area contributed by atoms with E-state index in [0.29, 0.717) is 5.02 Å². The van der Waals surface area contributed by atoms with Crippen LogP contribution in [0.5, 0.6) is 0 Å². The van der Waals surface area contributed by atoms with Gasteiger partial charge in [0.15, 0.2) is 0 Å². The Hall–Kier alpha value is -1.27. The molecular formula is C13H9ClOS. The normalized spacial score (nSPS) is 11.6. The molecule has 0 amide bonds. The first-order chi connectivity index (χ1) is 7.75. The molecule has 1 nitrogen and oxygen atoms in total. The van der Waals surface area contributed by atoms with Gasteiger partial charge in [0.2, 0.25) is 0 Å². The number of halogens is 1. The van der Waals surface area contributed by atoms with E-state index in [9.17, 15) is 5.11 Å². The van der Waals surface area contributed by atoms with Crippen molar-refractivity contribution < 1.29 is 5.11 Å². The van der Waals surface area contributed by atoms with Crippen LogP contribution < -0.4 is 0 Å². The zero-order chi connectivity index (χ0) is 11.4. The summed E-state index contributed by atoms with van der Waals surface area (Å²) < 4.78 is 0. The van der Waals surface area contributed by atoms with Crippen LogP contribution in [0.25, 0.3) is 0 Å². The van der Waals surface area contributed by atoms with E-state index in [0.717, 1.165) is 10.4 Å². The molecule has 0 aliphatic heterocycles. The van der Waals surface area contributed by atoms with Gasteiger partial charge in [-0.2, -0.15) is 0 Å². The molecular weight excluding hydrogens is 240 g/mol. The maximum atomic E-state index is 9.80. The minimum atomic E-state index is -0.764. The van der Waals surface area contributed by atoms with Crippen molar-refractivity contribution in [1.82, 2.24) is 0 Å². The lowest BCUT2D eigenvalue weighted by Gasteiger charge is -2.02. The highest BCUT2D eigenvalue weighted by molar-refractivity contribution is 7.10. The zero-order valence-electron chi connectivity index (χ0n) is 8.35. The molecule has 0 bridgehead atoms. The van der Waals surface area contributed by atoms with Crippen LogP contribution in [0, 0.1) is 11.8 Å². The Kier molecular flexibility index (Phi) is 3.63. The Balaban J connectivity index is 2.14. The van der Waals surface area contributed by atoms with Gasteiger partial charge in [-0.05, 0) is 29.1 Å². The molecule has 0 aliphatic rings. The first-order valence-electron chi connectivity index (χ1n) is 4.74. The van der Waals surface area contributed by atoms with Crippen LogP contribution in [0.2, 0.25) is 5.02 Å². The molecule has 1 aromatic carbocycles. The molecule has 0 aliphatic carbocycles. The lowest BCUT2D eigenvalue weighted by Crippen LogP contribution is -1.92. The van der Waals surface area contributed by atoms with Gasteiger partial charge in [0.1, 0.15) is 6.10 Å². The van der Waals surface area contributed by atoms with Gasteiger partial charge in [0.05, 0.1) is 4.88 Å². The van der Waals surface area contributed by atoms with Crippen LogP contribution in [-0.2, 0) is 0 Å². The predicted octanol–water partition coefficient (Wildman–Crippen LogP) is 3.49. The quantitative estimate of drug-likeness (QED) is 0.766. The molecule has 0 saturated carbocycles. The van der Waals surface area contributed by atoms with Crippen LogP contribution in [0.4, 0.5) is 0 Å². The van der Waals surface area contributed by atoms with E-state index < -0.39 is 6.10 Å². The van der Waals surface area contributed by atoms with Crippen LogP contribution in [0.15, 0.2) is 41.8 Å². The van der Waals surface area contributed by atoms with E-state index in [1.807, 2.05) is 17.5 Å². The van der Waals surface area contributed by atoms with Crippen molar-refractivity contribution >= 4 is 22.9 Å². The van der Waals surface area contributed by atoms with Crippen molar-refractivity contribution in [3.63, 3.8) is 0 Å². The smallest absolute Gasteiger partial charge is 0.140 e. The van der Waals surface area contributed by atoms with Gasteiger partial charge in [-0.3, -0.25) is 0 Å². The molecule has 0 saturated heterocycles. The number of aliphatic hydroxyl groups is 1. The largest absolute Gasteiger partial charge is 0.376 e. The fraction of sp³-hybridized carbons (Fsp3) is 0.0769. The van der Waals surface area contributed by atoms with Crippen LogP contribution in [0.3, 0.4) is 0 Å². The Morgan fingerprint density at radius 1 is 1.19 bits per heavy atom. The van der Waals surface area contributed by atoms with Gasteiger partial charge in [-0.1, -0.05) is 41.6 Å². The average Bonchev–Trinajstić information content (AvgIpc) is 2.80. The molecule has 16 heavy (non-hydrogen) atoms. The standard InChI is InChI=1S/C13H9ClOS/c14-11-5-3-10(4-6-11)13(15)8-7-12-2-1-9-16-12/h1-6,9,13,15H/t13-/m0/s1. The topological polar surface area (TPSA) is 20.2 Å². The molecule has 0 spiro atoms. The third kappa shape index (κ3) is 2.86. The highest BCUT2D eigenvalue weighted by Crippen LogP contribution is 2.16. The second-order valence-electron chi connectivity index (χ2n) is 3.20. The van der Waals surface area contributed by atoms with Gasteiger partial charge in [0, 0.05) is 5.02 Å². The van der Waals surface area contributed by atoms with Crippen molar-refractivity contribution in [2.75, 3.05) is 0 Å². The Morgan fingerprint density at radius 2 is 1.94 bits per heavy atom. The summed E-state index contributed by atoms with van der Waals surface area (Å²) >= 11 is 7.32. The van der Waals surface area contributed by atoms with Crippen molar-refractivity contribution in [2.45, 2.75) is 6.10 Å². The van der Waals surface area contributed by atoms with Gasteiger partial charge in [0.25, 0.3) is 0 Å². The molecule has 3 heteroatoms. The first-order valence-corrected chi connectivity index (χ1v) is 6.00. The van der Waals surface area contributed by atoms with Crippen molar-refractivity contribution in [3.05, 3.63) is 57.2 Å². The summed E-state index contributed by atoms with van der Waals surface area (Å²) in [5.41, 5.74) is 0.758. The lowest BCUT2D eigenvalue weighted by molar-refractivity contribution is 0.238. The molecule has 1 aromatic heterocycles. The molecule has 0 unspecified atom stereocenters. The lowest BCUT2D eigenvalue weighted by atomic mass is 10.1. The summed E-state index contributed by atoms with van der Waals surface area (Å²) in [4.78, 5) is 0.952. The second-order valence-corrected chi connectivity index (χ2v) is 4.58. The number of thiophene rings is 1. The van der Waals surface area contributed by atoms with Gasteiger partial charge in [-0.25, -0.2) is 0 Å². The highest BCUT2D eigenvalue weighted by Gasteiger charge is 2.02. The Labute approximate surface area is 103 Å². The van der Waals surface area contributed by atoms with Gasteiger partial charge in [-0.15, -0.1) is 11.3 Å². The van der Waals surface area contributed by atoms with Gasteiger partial charge < -0.3 is 5.11 Å². The van der Waals surface area contributed by atoms with E-state index in [-0.39, 0.29) is 0 Å². The summed E-state index contributed by atoms with van der Waals surface area (Å²) in [6.45, 7) is 0. The minimum absolute atomic E-state index is 0.655. The van der Waals surface area contributed by atoms with E-state index in [2.05, 4.69) is 11.8 Å². The second kappa shape index (κ2) is 5.18.